The number of carboxylic acids is 1. The predicted molar refractivity (Wildman–Crippen MR) is 153 cm³/mol. The number of amides is 1. The molecule has 0 bridgehead atoms. The average Bonchev–Trinajstić information content (AvgIpc) is 3.25. The van der Waals surface area contributed by atoms with Crippen molar-refractivity contribution in [1.29, 1.82) is 0 Å². The van der Waals surface area contributed by atoms with Crippen LogP contribution in [0.15, 0.2) is 91.3 Å². The Morgan fingerprint density at radius 2 is 1.52 bits per heavy atom. The second-order valence-corrected chi connectivity index (χ2v) is 10.9. The highest BCUT2D eigenvalue weighted by Crippen LogP contribution is 2.44. The van der Waals surface area contributed by atoms with Crippen LogP contribution in [0.4, 0.5) is 4.79 Å². The molecule has 40 heavy (non-hydrogen) atoms. The van der Waals surface area contributed by atoms with Gasteiger partial charge < -0.3 is 19.9 Å². The van der Waals surface area contributed by atoms with E-state index in [0.29, 0.717) is 5.75 Å². The Morgan fingerprint density at radius 1 is 0.900 bits per heavy atom. The molecule has 5 rings (SSSR count). The highest BCUT2D eigenvalue weighted by Gasteiger charge is 2.30. The van der Waals surface area contributed by atoms with Crippen LogP contribution in [-0.4, -0.2) is 40.4 Å². The third-order valence-electron chi connectivity index (χ3n) is 6.80. The molecule has 1 amide bonds. The van der Waals surface area contributed by atoms with Gasteiger partial charge in [0.15, 0.2) is 0 Å². The molecule has 0 spiro atoms. The number of carbonyl (C=O) groups excluding carboxylic acids is 1. The number of ether oxygens (including phenoxy) is 2. The van der Waals surface area contributed by atoms with E-state index in [1.54, 1.807) is 12.4 Å². The largest absolute Gasteiger partial charge is 0.487 e. The van der Waals surface area contributed by atoms with E-state index in [0.717, 1.165) is 38.9 Å². The number of nitrogens with zero attached hydrogens (tertiary/aromatic N) is 1. The molecule has 1 atom stereocenters. The highest BCUT2D eigenvalue weighted by molar-refractivity contribution is 5.81. The Hall–Kier alpha value is -4.65. The highest BCUT2D eigenvalue weighted by atomic mass is 16.5. The van der Waals surface area contributed by atoms with E-state index in [1.807, 2.05) is 87.5 Å². The zero-order valence-corrected chi connectivity index (χ0v) is 22.8. The number of fused-ring (bicyclic) bond motifs is 3. The summed E-state index contributed by atoms with van der Waals surface area (Å²) in [5.74, 6) is -0.558. The van der Waals surface area contributed by atoms with Crippen LogP contribution in [0.1, 0.15) is 43.4 Å². The SMILES string of the molecule is CC(C)(C)Oc1cncc(-c2ccc(C[C@H](NC(=O)OCC3c4ccccc4-c4ccccc43)C(=O)O)cc2)c1. The molecule has 0 saturated carbocycles. The summed E-state index contributed by atoms with van der Waals surface area (Å²) < 4.78 is 11.5. The number of aromatic nitrogens is 1. The minimum atomic E-state index is -1.13. The van der Waals surface area contributed by atoms with Gasteiger partial charge in [0.1, 0.15) is 24.0 Å². The maximum absolute atomic E-state index is 12.7. The predicted octanol–water partition coefficient (Wildman–Crippen LogP) is 6.46. The molecule has 1 aromatic heterocycles. The minimum absolute atomic E-state index is 0.101. The Kier molecular flexibility index (Phi) is 7.56. The van der Waals surface area contributed by atoms with Gasteiger partial charge in [0.2, 0.25) is 0 Å². The lowest BCUT2D eigenvalue weighted by molar-refractivity contribution is -0.139. The maximum atomic E-state index is 12.7. The molecule has 204 valence electrons. The summed E-state index contributed by atoms with van der Waals surface area (Å²) in [6.07, 6.45) is 2.79. The third kappa shape index (κ3) is 6.15. The van der Waals surface area contributed by atoms with Crippen molar-refractivity contribution in [3.8, 4) is 28.0 Å². The van der Waals surface area contributed by atoms with E-state index in [2.05, 4.69) is 22.4 Å². The molecule has 0 unspecified atom stereocenters. The van der Waals surface area contributed by atoms with E-state index in [-0.39, 0.29) is 24.5 Å². The zero-order chi connectivity index (χ0) is 28.3. The Labute approximate surface area is 233 Å². The lowest BCUT2D eigenvalue weighted by Crippen LogP contribution is -2.42. The van der Waals surface area contributed by atoms with Gasteiger partial charge in [0.25, 0.3) is 0 Å². The van der Waals surface area contributed by atoms with Gasteiger partial charge in [-0.15, -0.1) is 0 Å². The lowest BCUT2D eigenvalue weighted by Gasteiger charge is -2.21. The molecule has 0 aliphatic heterocycles. The van der Waals surface area contributed by atoms with Gasteiger partial charge in [-0.1, -0.05) is 72.8 Å². The van der Waals surface area contributed by atoms with Crippen LogP contribution in [0.2, 0.25) is 0 Å². The summed E-state index contributed by atoms with van der Waals surface area (Å²) in [4.78, 5) is 28.9. The fourth-order valence-electron chi connectivity index (χ4n) is 5.04. The first-order chi connectivity index (χ1) is 19.2. The summed E-state index contributed by atoms with van der Waals surface area (Å²) >= 11 is 0. The zero-order valence-electron chi connectivity index (χ0n) is 22.8. The van der Waals surface area contributed by atoms with Crippen LogP contribution in [0.25, 0.3) is 22.3 Å². The van der Waals surface area contributed by atoms with Gasteiger partial charge >= 0.3 is 12.1 Å². The lowest BCUT2D eigenvalue weighted by atomic mass is 9.98. The van der Waals surface area contributed by atoms with Crippen molar-refractivity contribution in [3.05, 3.63) is 108 Å². The van der Waals surface area contributed by atoms with Crippen LogP contribution < -0.4 is 10.1 Å². The van der Waals surface area contributed by atoms with Crippen molar-refractivity contribution in [3.63, 3.8) is 0 Å². The van der Waals surface area contributed by atoms with Gasteiger partial charge in [0, 0.05) is 24.1 Å². The van der Waals surface area contributed by atoms with Gasteiger partial charge in [-0.3, -0.25) is 4.98 Å². The first kappa shape index (κ1) is 26.9. The molecule has 0 fully saturated rings. The number of alkyl carbamates (subject to hydrolysis) is 1. The number of aliphatic carboxylic acids is 1. The molecular weight excluding hydrogens is 504 g/mol. The fourth-order valence-corrected chi connectivity index (χ4v) is 5.04. The fraction of sp³-hybridized carbons (Fsp3) is 0.242. The molecule has 1 aliphatic rings. The smallest absolute Gasteiger partial charge is 0.407 e. The summed E-state index contributed by atoms with van der Waals surface area (Å²) in [6.45, 7) is 6.05. The average molecular weight is 537 g/mol. The molecule has 7 heteroatoms. The van der Waals surface area contributed by atoms with Crippen molar-refractivity contribution < 1.29 is 24.2 Å². The second-order valence-electron chi connectivity index (χ2n) is 10.9. The third-order valence-corrected chi connectivity index (χ3v) is 6.80. The van der Waals surface area contributed by atoms with Crippen molar-refractivity contribution in [2.24, 2.45) is 0 Å². The summed E-state index contributed by atoms with van der Waals surface area (Å²) in [6, 6.07) is 24.4. The number of benzene rings is 3. The van der Waals surface area contributed by atoms with Gasteiger partial charge in [-0.05, 0) is 60.2 Å². The Bertz CT molecular complexity index is 1480. The topological polar surface area (TPSA) is 97.8 Å². The Morgan fingerprint density at radius 3 is 2.12 bits per heavy atom. The maximum Gasteiger partial charge on any atom is 0.407 e. The summed E-state index contributed by atoms with van der Waals surface area (Å²) in [7, 11) is 0. The van der Waals surface area contributed by atoms with Crippen molar-refractivity contribution in [2.75, 3.05) is 6.61 Å². The monoisotopic (exact) mass is 536 g/mol. The minimum Gasteiger partial charge on any atom is -0.487 e. The summed E-state index contributed by atoms with van der Waals surface area (Å²) in [5.41, 5.74) is 6.69. The molecular formula is C33H32N2O5. The van der Waals surface area contributed by atoms with Crippen LogP contribution in [-0.2, 0) is 16.0 Å². The van der Waals surface area contributed by atoms with Crippen molar-refractivity contribution in [2.45, 2.75) is 44.8 Å². The molecule has 7 nitrogen and oxygen atoms in total. The molecule has 3 aromatic carbocycles. The van der Waals surface area contributed by atoms with E-state index in [9.17, 15) is 14.7 Å². The summed E-state index contributed by atoms with van der Waals surface area (Å²) in [5, 5.41) is 12.3. The number of nitrogens with one attached hydrogen (secondary N) is 1. The molecule has 0 radical (unpaired) electrons. The van der Waals surface area contributed by atoms with Gasteiger partial charge in [-0.25, -0.2) is 9.59 Å². The van der Waals surface area contributed by atoms with Crippen LogP contribution in [0.3, 0.4) is 0 Å². The van der Waals surface area contributed by atoms with Crippen LogP contribution in [0.5, 0.6) is 5.75 Å². The van der Waals surface area contributed by atoms with E-state index in [4.69, 9.17) is 9.47 Å². The molecule has 4 aromatic rings. The van der Waals surface area contributed by atoms with Gasteiger partial charge in [-0.2, -0.15) is 0 Å². The van der Waals surface area contributed by atoms with Crippen LogP contribution in [0, 0.1) is 0 Å². The van der Waals surface area contributed by atoms with E-state index in [1.165, 1.54) is 0 Å². The first-order valence-corrected chi connectivity index (χ1v) is 13.3. The molecule has 0 saturated heterocycles. The second kappa shape index (κ2) is 11.2. The number of carboxylic acid groups (broad SMARTS) is 1. The number of hydrogen-bond donors (Lipinski definition) is 2. The van der Waals surface area contributed by atoms with Crippen molar-refractivity contribution >= 4 is 12.1 Å². The first-order valence-electron chi connectivity index (χ1n) is 13.3. The van der Waals surface area contributed by atoms with Crippen molar-refractivity contribution in [1.82, 2.24) is 10.3 Å². The molecule has 1 heterocycles. The Balaban J connectivity index is 1.21. The van der Waals surface area contributed by atoms with E-state index < -0.39 is 18.1 Å². The number of hydrogen-bond acceptors (Lipinski definition) is 5. The van der Waals surface area contributed by atoms with Crippen LogP contribution >= 0.6 is 0 Å². The number of pyridine rings is 1. The standard InChI is InChI=1S/C33H32N2O5/c1-33(2,3)40-24-17-23(18-34-19-24)22-14-12-21(13-15-22)16-30(31(36)37)35-32(38)39-20-29-27-10-6-4-8-25(27)26-9-5-7-11-28(26)29/h4-15,17-19,29-30H,16,20H2,1-3H3,(H,35,38)(H,36,37)/t30-/m0/s1. The van der Waals surface area contributed by atoms with Gasteiger partial charge in [0.05, 0.1) is 6.20 Å². The number of carbonyl (C=O) groups is 2. The molecule has 2 N–H and O–H groups in total. The normalized spacial score (nSPS) is 13.2. The quantitative estimate of drug-likeness (QED) is 0.268. The number of rotatable bonds is 8. The van der Waals surface area contributed by atoms with E-state index >= 15 is 0 Å². The molecule has 1 aliphatic carbocycles.